The molecule has 1 aliphatic carbocycles. The molecule has 0 aliphatic heterocycles. The fourth-order valence-corrected chi connectivity index (χ4v) is 4.01. The minimum Gasteiger partial charge on any atom is -0.349 e. The van der Waals surface area contributed by atoms with Crippen LogP contribution in [-0.4, -0.2) is 21.1 Å². The Kier molecular flexibility index (Phi) is 5.21. The fourth-order valence-electron chi connectivity index (χ4n) is 4.01. The summed E-state index contributed by atoms with van der Waals surface area (Å²) in [5, 5.41) is 3.46. The van der Waals surface area contributed by atoms with E-state index in [0.717, 1.165) is 29.5 Å². The highest BCUT2D eigenvalue weighted by atomic mass is 16.2. The molecule has 33 heavy (non-hydrogen) atoms. The molecule has 1 fully saturated rings. The minimum atomic E-state index is -0.391. The zero-order valence-electron chi connectivity index (χ0n) is 18.7. The number of fused-ring (bicyclic) bond motifs is 1. The summed E-state index contributed by atoms with van der Waals surface area (Å²) in [4.78, 5) is 39.1. The second-order valence-electron chi connectivity index (χ2n) is 8.74. The van der Waals surface area contributed by atoms with Gasteiger partial charge in [-0.1, -0.05) is 30.3 Å². The summed E-state index contributed by atoms with van der Waals surface area (Å²) in [5.41, 5.74) is 4.00. The van der Waals surface area contributed by atoms with Crippen molar-refractivity contribution in [2.75, 3.05) is 0 Å². The van der Waals surface area contributed by atoms with Gasteiger partial charge in [0.25, 0.3) is 11.5 Å². The molecule has 5 rings (SSSR count). The smallest absolute Gasteiger partial charge is 0.336 e. The summed E-state index contributed by atoms with van der Waals surface area (Å²) >= 11 is 0. The summed E-state index contributed by atoms with van der Waals surface area (Å²) < 4.78 is 2.86. The zero-order chi connectivity index (χ0) is 23.1. The van der Waals surface area contributed by atoms with E-state index >= 15 is 0 Å². The average Bonchev–Trinajstić information content (AvgIpc) is 3.63. The second kappa shape index (κ2) is 8.20. The molecule has 3 aromatic carbocycles. The first-order chi connectivity index (χ1) is 15.9. The number of carbonyl (C=O) groups excluding carboxylic acids is 1. The van der Waals surface area contributed by atoms with Gasteiger partial charge in [-0.15, -0.1) is 0 Å². The van der Waals surface area contributed by atoms with E-state index in [1.165, 1.54) is 4.57 Å². The van der Waals surface area contributed by atoms with Crippen LogP contribution >= 0.6 is 0 Å². The van der Waals surface area contributed by atoms with Crippen molar-refractivity contribution in [2.45, 2.75) is 39.3 Å². The molecule has 0 spiro atoms. The molecule has 1 aliphatic rings. The molecular formula is C27H25N3O3. The van der Waals surface area contributed by atoms with Crippen LogP contribution in [0, 0.1) is 13.8 Å². The van der Waals surface area contributed by atoms with E-state index in [1.54, 1.807) is 41.0 Å². The molecule has 1 amide bonds. The van der Waals surface area contributed by atoms with Crippen molar-refractivity contribution in [1.82, 2.24) is 14.5 Å². The average molecular weight is 440 g/mol. The first kappa shape index (κ1) is 20.9. The Morgan fingerprint density at radius 2 is 1.67 bits per heavy atom. The van der Waals surface area contributed by atoms with Crippen LogP contribution in [-0.2, 0) is 6.54 Å². The number of aromatic nitrogens is 2. The van der Waals surface area contributed by atoms with E-state index < -0.39 is 5.69 Å². The summed E-state index contributed by atoms with van der Waals surface area (Å²) in [6.07, 6.45) is 2.08. The van der Waals surface area contributed by atoms with Gasteiger partial charge in [0, 0.05) is 11.6 Å². The number of amides is 1. The van der Waals surface area contributed by atoms with Crippen molar-refractivity contribution in [3.05, 3.63) is 110 Å². The van der Waals surface area contributed by atoms with Gasteiger partial charge in [0.1, 0.15) is 0 Å². The van der Waals surface area contributed by atoms with Crippen LogP contribution in [0.15, 0.2) is 76.3 Å². The number of nitrogens with zero attached hydrogens (tertiary/aromatic N) is 2. The molecule has 1 aromatic heterocycles. The number of aryl methyl sites for hydroxylation is 2. The van der Waals surface area contributed by atoms with Crippen LogP contribution in [0.25, 0.3) is 16.6 Å². The molecule has 4 aromatic rings. The Bertz CT molecular complexity index is 1490. The summed E-state index contributed by atoms with van der Waals surface area (Å²) in [5.74, 6) is -0.0741. The lowest BCUT2D eigenvalue weighted by Crippen LogP contribution is -2.39. The van der Waals surface area contributed by atoms with E-state index in [2.05, 4.69) is 5.32 Å². The van der Waals surface area contributed by atoms with Crippen molar-refractivity contribution < 1.29 is 4.79 Å². The number of hydrogen-bond acceptors (Lipinski definition) is 3. The summed E-state index contributed by atoms with van der Waals surface area (Å²) in [6.45, 7) is 4.24. The molecule has 6 heteroatoms. The molecule has 0 saturated heterocycles. The maximum Gasteiger partial charge on any atom is 0.336 e. The molecule has 1 N–H and O–H groups in total. The van der Waals surface area contributed by atoms with Gasteiger partial charge < -0.3 is 5.32 Å². The Labute approximate surface area is 191 Å². The van der Waals surface area contributed by atoms with E-state index in [-0.39, 0.29) is 18.0 Å². The standard InChI is InChI=1S/C27H25N3O3/c1-17-7-14-22(15-18(17)2)30-26(32)23-5-3-4-6-24(23)29(27(30)33)16-19-8-10-20(11-9-19)25(31)28-21-12-13-21/h3-11,14-15,21H,12-13,16H2,1-2H3,(H,28,31). The predicted octanol–water partition coefficient (Wildman–Crippen LogP) is 3.71. The predicted molar refractivity (Wildman–Crippen MR) is 129 cm³/mol. The Morgan fingerprint density at radius 1 is 0.939 bits per heavy atom. The van der Waals surface area contributed by atoms with Gasteiger partial charge in [0.15, 0.2) is 0 Å². The third-order valence-electron chi connectivity index (χ3n) is 6.27. The number of hydrogen-bond donors (Lipinski definition) is 1. The van der Waals surface area contributed by atoms with Gasteiger partial charge in [-0.2, -0.15) is 0 Å². The van der Waals surface area contributed by atoms with Gasteiger partial charge in [-0.3, -0.25) is 14.2 Å². The Morgan fingerprint density at radius 3 is 2.36 bits per heavy atom. The van der Waals surface area contributed by atoms with Gasteiger partial charge in [-0.05, 0) is 79.8 Å². The molecule has 0 unspecified atom stereocenters. The van der Waals surface area contributed by atoms with Crippen LogP contribution in [0.4, 0.5) is 0 Å². The lowest BCUT2D eigenvalue weighted by Gasteiger charge is -2.15. The number of rotatable bonds is 5. The molecule has 1 heterocycles. The number of benzene rings is 3. The molecular weight excluding hydrogens is 414 g/mol. The lowest BCUT2D eigenvalue weighted by atomic mass is 10.1. The highest BCUT2D eigenvalue weighted by molar-refractivity contribution is 5.94. The highest BCUT2D eigenvalue weighted by Gasteiger charge is 2.23. The first-order valence-electron chi connectivity index (χ1n) is 11.1. The molecule has 0 radical (unpaired) electrons. The SMILES string of the molecule is Cc1ccc(-n2c(=O)c3ccccc3n(Cc3ccc(C(=O)NC4CC4)cc3)c2=O)cc1C. The van der Waals surface area contributed by atoms with E-state index in [9.17, 15) is 14.4 Å². The van der Waals surface area contributed by atoms with E-state index in [1.807, 2.05) is 44.2 Å². The van der Waals surface area contributed by atoms with Gasteiger partial charge >= 0.3 is 5.69 Å². The third-order valence-corrected chi connectivity index (χ3v) is 6.27. The van der Waals surface area contributed by atoms with Crippen LogP contribution in [0.5, 0.6) is 0 Å². The topological polar surface area (TPSA) is 73.1 Å². The fraction of sp³-hybridized carbons (Fsp3) is 0.222. The van der Waals surface area contributed by atoms with Crippen molar-refractivity contribution in [3.8, 4) is 5.69 Å². The number of nitrogens with one attached hydrogen (secondary N) is 1. The van der Waals surface area contributed by atoms with Crippen LogP contribution < -0.4 is 16.6 Å². The largest absolute Gasteiger partial charge is 0.349 e. The maximum atomic E-state index is 13.6. The van der Waals surface area contributed by atoms with E-state index in [0.29, 0.717) is 28.2 Å². The Hall–Kier alpha value is -3.93. The van der Waals surface area contributed by atoms with Crippen LogP contribution in [0.1, 0.15) is 39.9 Å². The third kappa shape index (κ3) is 4.00. The Balaban J connectivity index is 1.59. The van der Waals surface area contributed by atoms with Crippen molar-refractivity contribution in [1.29, 1.82) is 0 Å². The lowest BCUT2D eigenvalue weighted by molar-refractivity contribution is 0.0951. The van der Waals surface area contributed by atoms with Gasteiger partial charge in [-0.25, -0.2) is 9.36 Å². The molecule has 6 nitrogen and oxygen atoms in total. The normalized spacial score (nSPS) is 13.3. The zero-order valence-corrected chi connectivity index (χ0v) is 18.7. The van der Waals surface area contributed by atoms with Gasteiger partial charge in [0.2, 0.25) is 0 Å². The highest BCUT2D eigenvalue weighted by Crippen LogP contribution is 2.20. The summed E-state index contributed by atoms with van der Waals surface area (Å²) in [6, 6.07) is 20.3. The monoisotopic (exact) mass is 439 g/mol. The van der Waals surface area contributed by atoms with Crippen molar-refractivity contribution in [2.24, 2.45) is 0 Å². The molecule has 0 atom stereocenters. The molecule has 166 valence electrons. The summed E-state index contributed by atoms with van der Waals surface area (Å²) in [7, 11) is 0. The molecule has 1 saturated carbocycles. The van der Waals surface area contributed by atoms with Crippen molar-refractivity contribution >= 4 is 16.8 Å². The second-order valence-corrected chi connectivity index (χ2v) is 8.74. The van der Waals surface area contributed by atoms with Crippen LogP contribution in [0.2, 0.25) is 0 Å². The number of para-hydroxylation sites is 1. The number of carbonyl (C=O) groups is 1. The van der Waals surface area contributed by atoms with Gasteiger partial charge in [0.05, 0.1) is 23.1 Å². The van der Waals surface area contributed by atoms with Crippen LogP contribution in [0.3, 0.4) is 0 Å². The molecule has 0 bridgehead atoms. The quantitative estimate of drug-likeness (QED) is 0.515. The van der Waals surface area contributed by atoms with E-state index in [4.69, 9.17) is 0 Å². The minimum absolute atomic E-state index is 0.0741. The van der Waals surface area contributed by atoms with Crippen molar-refractivity contribution in [3.63, 3.8) is 0 Å². The first-order valence-corrected chi connectivity index (χ1v) is 11.1. The maximum absolute atomic E-state index is 13.6.